The molecule has 1 aromatic carbocycles. The number of hydrogen-bond acceptors (Lipinski definition) is 4. The lowest BCUT2D eigenvalue weighted by atomic mass is 10.2. The van der Waals surface area contributed by atoms with Gasteiger partial charge in [-0.15, -0.1) is 0 Å². The molecule has 6 heteroatoms. The van der Waals surface area contributed by atoms with E-state index in [1.54, 1.807) is 0 Å². The summed E-state index contributed by atoms with van der Waals surface area (Å²) in [4.78, 5) is 8.08. The Morgan fingerprint density at radius 1 is 0.955 bits per heavy atom. The molecule has 0 bridgehead atoms. The standard InChI is InChI=1S/C16H8ClN5/c17-16-15(20-13(8-18)14(9-19)21-16)11-6-7-22(10-11)12-4-2-1-3-5-12/h1-7,10H. The maximum Gasteiger partial charge on any atom is 0.178 e. The van der Waals surface area contributed by atoms with Gasteiger partial charge in [0.2, 0.25) is 0 Å². The number of nitrogens with zero attached hydrogens (tertiary/aromatic N) is 5. The van der Waals surface area contributed by atoms with E-state index in [1.807, 2.05) is 65.5 Å². The van der Waals surface area contributed by atoms with Gasteiger partial charge in [-0.25, -0.2) is 9.97 Å². The fourth-order valence-corrected chi connectivity index (χ4v) is 2.29. The van der Waals surface area contributed by atoms with Crippen molar-refractivity contribution < 1.29 is 0 Å². The minimum Gasteiger partial charge on any atom is -0.323 e. The molecule has 2 aromatic heterocycles. The Kier molecular flexibility index (Phi) is 3.57. The van der Waals surface area contributed by atoms with Crippen LogP contribution in [0.4, 0.5) is 0 Å². The van der Waals surface area contributed by atoms with E-state index in [-0.39, 0.29) is 16.5 Å². The van der Waals surface area contributed by atoms with Crippen LogP contribution in [0.25, 0.3) is 16.9 Å². The summed E-state index contributed by atoms with van der Waals surface area (Å²) < 4.78 is 1.91. The lowest BCUT2D eigenvalue weighted by Gasteiger charge is -2.03. The lowest BCUT2D eigenvalue weighted by molar-refractivity contribution is 1.08. The molecule has 0 N–H and O–H groups in total. The molecule has 0 saturated carbocycles. The predicted molar refractivity (Wildman–Crippen MR) is 81.2 cm³/mol. The van der Waals surface area contributed by atoms with Crippen LogP contribution in [0, 0.1) is 22.7 Å². The quantitative estimate of drug-likeness (QED) is 0.727. The molecular weight excluding hydrogens is 298 g/mol. The van der Waals surface area contributed by atoms with Crippen molar-refractivity contribution in [3.63, 3.8) is 0 Å². The van der Waals surface area contributed by atoms with Crippen LogP contribution in [-0.4, -0.2) is 14.5 Å². The molecule has 0 fully saturated rings. The smallest absolute Gasteiger partial charge is 0.178 e. The maximum absolute atomic E-state index is 9.04. The number of benzene rings is 1. The third-order valence-corrected chi connectivity index (χ3v) is 3.35. The van der Waals surface area contributed by atoms with Gasteiger partial charge in [-0.3, -0.25) is 0 Å². The summed E-state index contributed by atoms with van der Waals surface area (Å²) in [7, 11) is 0. The molecule has 0 aliphatic carbocycles. The minimum absolute atomic E-state index is 0.0330. The van der Waals surface area contributed by atoms with Crippen LogP contribution >= 0.6 is 11.6 Å². The van der Waals surface area contributed by atoms with E-state index in [1.165, 1.54) is 0 Å². The highest BCUT2D eigenvalue weighted by Gasteiger charge is 2.14. The van der Waals surface area contributed by atoms with Crippen molar-refractivity contribution in [2.75, 3.05) is 0 Å². The first-order chi connectivity index (χ1) is 10.7. The second-order valence-electron chi connectivity index (χ2n) is 4.43. The summed E-state index contributed by atoms with van der Waals surface area (Å²) in [5.41, 5.74) is 1.99. The summed E-state index contributed by atoms with van der Waals surface area (Å²) >= 11 is 6.08. The van der Waals surface area contributed by atoms with E-state index in [0.29, 0.717) is 5.69 Å². The highest BCUT2D eigenvalue weighted by molar-refractivity contribution is 6.31. The summed E-state index contributed by atoms with van der Waals surface area (Å²) in [5.74, 6) is 0. The summed E-state index contributed by atoms with van der Waals surface area (Å²) in [5, 5.41) is 18.1. The SMILES string of the molecule is N#Cc1nc(Cl)c(-c2ccn(-c3ccccc3)c2)nc1C#N. The van der Waals surface area contributed by atoms with Gasteiger partial charge in [0.15, 0.2) is 16.5 Å². The molecule has 0 amide bonds. The molecule has 0 atom stereocenters. The van der Waals surface area contributed by atoms with Gasteiger partial charge in [0.1, 0.15) is 17.8 Å². The molecule has 2 heterocycles. The second-order valence-corrected chi connectivity index (χ2v) is 4.78. The van der Waals surface area contributed by atoms with Crippen molar-refractivity contribution in [2.24, 2.45) is 0 Å². The van der Waals surface area contributed by atoms with Crippen molar-refractivity contribution in [1.82, 2.24) is 14.5 Å². The molecule has 0 saturated heterocycles. The molecule has 104 valence electrons. The molecule has 0 radical (unpaired) electrons. The highest BCUT2D eigenvalue weighted by atomic mass is 35.5. The third kappa shape index (κ3) is 2.42. The van der Waals surface area contributed by atoms with Crippen molar-refractivity contribution in [1.29, 1.82) is 10.5 Å². The van der Waals surface area contributed by atoms with Gasteiger partial charge < -0.3 is 4.57 Å². The van der Waals surface area contributed by atoms with Crippen molar-refractivity contribution in [3.8, 4) is 29.1 Å². The summed E-state index contributed by atoms with van der Waals surface area (Å²) in [6.07, 6.45) is 3.71. The summed E-state index contributed by atoms with van der Waals surface area (Å²) in [6.45, 7) is 0. The number of hydrogen-bond donors (Lipinski definition) is 0. The fraction of sp³-hybridized carbons (Fsp3) is 0. The predicted octanol–water partition coefficient (Wildman–Crippen LogP) is 3.33. The number of halogens is 1. The fourth-order valence-electron chi connectivity index (χ4n) is 2.05. The number of nitriles is 2. The Balaban J connectivity index is 2.08. The van der Waals surface area contributed by atoms with E-state index >= 15 is 0 Å². The van der Waals surface area contributed by atoms with Crippen LogP contribution in [-0.2, 0) is 0 Å². The molecule has 0 aliphatic rings. The first-order valence-electron chi connectivity index (χ1n) is 6.34. The largest absolute Gasteiger partial charge is 0.323 e. The van der Waals surface area contributed by atoms with Crippen LogP contribution in [0.5, 0.6) is 0 Å². The average Bonchev–Trinajstić information content (AvgIpc) is 3.05. The molecule has 3 aromatic rings. The van der Waals surface area contributed by atoms with Crippen LogP contribution in [0.15, 0.2) is 48.8 Å². The minimum atomic E-state index is -0.0706. The first kappa shape index (κ1) is 13.8. The van der Waals surface area contributed by atoms with Gasteiger partial charge in [0.05, 0.1) is 0 Å². The zero-order chi connectivity index (χ0) is 15.5. The third-order valence-electron chi connectivity index (χ3n) is 3.09. The van der Waals surface area contributed by atoms with Gasteiger partial charge in [-0.2, -0.15) is 10.5 Å². The van der Waals surface area contributed by atoms with Crippen LogP contribution < -0.4 is 0 Å². The molecule has 3 rings (SSSR count). The van der Waals surface area contributed by atoms with Crippen LogP contribution in [0.3, 0.4) is 0 Å². The first-order valence-corrected chi connectivity index (χ1v) is 6.72. The lowest BCUT2D eigenvalue weighted by Crippen LogP contribution is -1.98. The molecule has 5 nitrogen and oxygen atoms in total. The average molecular weight is 306 g/mol. The number of para-hydroxylation sites is 1. The van der Waals surface area contributed by atoms with Gasteiger partial charge in [-0.1, -0.05) is 29.8 Å². The van der Waals surface area contributed by atoms with E-state index in [2.05, 4.69) is 9.97 Å². The highest BCUT2D eigenvalue weighted by Crippen LogP contribution is 2.26. The van der Waals surface area contributed by atoms with Gasteiger partial charge in [0.25, 0.3) is 0 Å². The Bertz CT molecular complexity index is 916. The Morgan fingerprint density at radius 3 is 2.32 bits per heavy atom. The Morgan fingerprint density at radius 2 is 1.64 bits per heavy atom. The van der Waals surface area contributed by atoms with E-state index in [9.17, 15) is 0 Å². The van der Waals surface area contributed by atoms with Gasteiger partial charge in [0, 0.05) is 23.6 Å². The van der Waals surface area contributed by atoms with E-state index in [4.69, 9.17) is 22.1 Å². The molecule has 22 heavy (non-hydrogen) atoms. The molecule has 0 unspecified atom stereocenters. The molecule has 0 aliphatic heterocycles. The molecular formula is C16H8ClN5. The van der Waals surface area contributed by atoms with Crippen LogP contribution in [0.1, 0.15) is 11.4 Å². The van der Waals surface area contributed by atoms with Gasteiger partial charge >= 0.3 is 0 Å². The zero-order valence-corrected chi connectivity index (χ0v) is 12.0. The van der Waals surface area contributed by atoms with E-state index < -0.39 is 0 Å². The van der Waals surface area contributed by atoms with Crippen molar-refractivity contribution >= 4 is 11.6 Å². The topological polar surface area (TPSA) is 78.3 Å². The summed E-state index contributed by atoms with van der Waals surface area (Å²) in [6, 6.07) is 15.3. The molecule has 0 spiro atoms. The Hall–Kier alpha value is -3.15. The number of aromatic nitrogens is 3. The van der Waals surface area contributed by atoms with E-state index in [0.717, 1.165) is 11.3 Å². The monoisotopic (exact) mass is 305 g/mol. The van der Waals surface area contributed by atoms with Crippen molar-refractivity contribution in [2.45, 2.75) is 0 Å². The normalized spacial score (nSPS) is 9.95. The number of rotatable bonds is 2. The van der Waals surface area contributed by atoms with Gasteiger partial charge in [-0.05, 0) is 18.2 Å². The maximum atomic E-state index is 9.04. The second kappa shape index (κ2) is 5.69. The zero-order valence-electron chi connectivity index (χ0n) is 11.2. The van der Waals surface area contributed by atoms with Crippen LogP contribution in [0.2, 0.25) is 5.15 Å². The van der Waals surface area contributed by atoms with Crippen molar-refractivity contribution in [3.05, 3.63) is 65.3 Å². The Labute approximate surface area is 131 Å².